The SMILES string of the molecule is CCc1cc(NCC2(CCl)CCCC2)nc(C)n1. The number of hydrogen-bond donors (Lipinski definition) is 1. The van der Waals surface area contributed by atoms with E-state index in [0.717, 1.165) is 36.2 Å². The number of rotatable bonds is 5. The molecule has 100 valence electrons. The van der Waals surface area contributed by atoms with Crippen molar-refractivity contribution in [1.82, 2.24) is 9.97 Å². The van der Waals surface area contributed by atoms with Gasteiger partial charge in [-0.3, -0.25) is 0 Å². The summed E-state index contributed by atoms with van der Waals surface area (Å²) >= 11 is 6.15. The maximum absolute atomic E-state index is 6.15. The maximum atomic E-state index is 6.15. The van der Waals surface area contributed by atoms with Crippen molar-refractivity contribution in [3.05, 3.63) is 17.6 Å². The summed E-state index contributed by atoms with van der Waals surface area (Å²) in [6, 6.07) is 2.05. The Morgan fingerprint density at radius 1 is 1.33 bits per heavy atom. The molecule has 0 bridgehead atoms. The van der Waals surface area contributed by atoms with Gasteiger partial charge in [0.25, 0.3) is 0 Å². The van der Waals surface area contributed by atoms with E-state index in [1.165, 1.54) is 25.7 Å². The highest BCUT2D eigenvalue weighted by Gasteiger charge is 2.32. The number of anilines is 1. The van der Waals surface area contributed by atoms with Crippen LogP contribution in [0.15, 0.2) is 6.07 Å². The Labute approximate surface area is 114 Å². The first-order valence-electron chi connectivity index (χ1n) is 6.82. The average Bonchev–Trinajstić information content (AvgIpc) is 2.85. The van der Waals surface area contributed by atoms with Gasteiger partial charge in [-0.2, -0.15) is 0 Å². The van der Waals surface area contributed by atoms with Crippen molar-refractivity contribution in [3.63, 3.8) is 0 Å². The first-order valence-corrected chi connectivity index (χ1v) is 7.35. The molecule has 18 heavy (non-hydrogen) atoms. The van der Waals surface area contributed by atoms with E-state index < -0.39 is 0 Å². The summed E-state index contributed by atoms with van der Waals surface area (Å²) in [6.45, 7) is 4.98. The number of nitrogens with zero attached hydrogens (tertiary/aromatic N) is 2. The molecule has 1 N–H and O–H groups in total. The largest absolute Gasteiger partial charge is 0.369 e. The van der Waals surface area contributed by atoms with Crippen LogP contribution in [0.25, 0.3) is 0 Å². The van der Waals surface area contributed by atoms with Crippen LogP contribution in [0.4, 0.5) is 5.82 Å². The highest BCUT2D eigenvalue weighted by atomic mass is 35.5. The Kier molecular flexibility index (Phi) is 4.44. The van der Waals surface area contributed by atoms with Gasteiger partial charge in [-0.15, -0.1) is 11.6 Å². The van der Waals surface area contributed by atoms with Crippen LogP contribution in [0.2, 0.25) is 0 Å². The Bertz CT molecular complexity index is 400. The van der Waals surface area contributed by atoms with Gasteiger partial charge in [0.1, 0.15) is 11.6 Å². The topological polar surface area (TPSA) is 37.8 Å². The molecule has 1 aromatic rings. The van der Waals surface area contributed by atoms with Gasteiger partial charge in [0.2, 0.25) is 0 Å². The fraction of sp³-hybridized carbons (Fsp3) is 0.714. The minimum Gasteiger partial charge on any atom is -0.369 e. The molecule has 0 unspecified atom stereocenters. The molecule has 0 aliphatic heterocycles. The number of alkyl halides is 1. The third-order valence-electron chi connectivity index (χ3n) is 3.85. The number of hydrogen-bond acceptors (Lipinski definition) is 3. The van der Waals surface area contributed by atoms with Crippen molar-refractivity contribution < 1.29 is 0 Å². The molecule has 0 aromatic carbocycles. The zero-order chi connectivity index (χ0) is 13.0. The van der Waals surface area contributed by atoms with Gasteiger partial charge in [-0.1, -0.05) is 19.8 Å². The predicted molar refractivity (Wildman–Crippen MR) is 76.3 cm³/mol. The summed E-state index contributed by atoms with van der Waals surface area (Å²) in [7, 11) is 0. The zero-order valence-corrected chi connectivity index (χ0v) is 12.1. The quantitative estimate of drug-likeness (QED) is 0.829. The monoisotopic (exact) mass is 267 g/mol. The van der Waals surface area contributed by atoms with Crippen molar-refractivity contribution in [2.45, 2.75) is 46.0 Å². The number of nitrogens with one attached hydrogen (secondary N) is 1. The van der Waals surface area contributed by atoms with Crippen LogP contribution >= 0.6 is 11.6 Å². The molecule has 1 fully saturated rings. The molecular weight excluding hydrogens is 246 g/mol. The van der Waals surface area contributed by atoms with Gasteiger partial charge in [-0.05, 0) is 26.2 Å². The van der Waals surface area contributed by atoms with Gasteiger partial charge in [0, 0.05) is 29.6 Å². The lowest BCUT2D eigenvalue weighted by Gasteiger charge is -2.26. The fourth-order valence-electron chi connectivity index (χ4n) is 2.66. The van der Waals surface area contributed by atoms with E-state index in [4.69, 9.17) is 11.6 Å². The van der Waals surface area contributed by atoms with E-state index in [0.29, 0.717) is 0 Å². The predicted octanol–water partition coefficient (Wildman–Crippen LogP) is 3.56. The summed E-state index contributed by atoms with van der Waals surface area (Å²) in [5, 5.41) is 3.46. The minimum absolute atomic E-state index is 0.271. The van der Waals surface area contributed by atoms with Crippen molar-refractivity contribution >= 4 is 17.4 Å². The molecule has 0 atom stereocenters. The molecule has 1 heterocycles. The molecule has 0 radical (unpaired) electrons. The Hall–Kier alpha value is -0.830. The average molecular weight is 268 g/mol. The van der Waals surface area contributed by atoms with Crippen molar-refractivity contribution in [2.75, 3.05) is 17.7 Å². The smallest absolute Gasteiger partial charge is 0.129 e. The van der Waals surface area contributed by atoms with E-state index >= 15 is 0 Å². The fourth-order valence-corrected chi connectivity index (χ4v) is 3.02. The van der Waals surface area contributed by atoms with Gasteiger partial charge in [-0.25, -0.2) is 9.97 Å². The molecule has 1 aromatic heterocycles. The Balaban J connectivity index is 2.03. The van der Waals surface area contributed by atoms with E-state index in [1.807, 2.05) is 13.0 Å². The van der Waals surface area contributed by atoms with Crippen molar-refractivity contribution in [2.24, 2.45) is 5.41 Å². The van der Waals surface area contributed by atoms with E-state index in [-0.39, 0.29) is 5.41 Å². The summed E-state index contributed by atoms with van der Waals surface area (Å²) in [5.41, 5.74) is 1.36. The summed E-state index contributed by atoms with van der Waals surface area (Å²) in [6.07, 6.45) is 6.01. The molecule has 0 spiro atoms. The third kappa shape index (κ3) is 3.14. The number of aryl methyl sites for hydroxylation is 2. The lowest BCUT2D eigenvalue weighted by Crippen LogP contribution is -2.29. The van der Waals surface area contributed by atoms with Crippen LogP contribution in [0, 0.1) is 12.3 Å². The van der Waals surface area contributed by atoms with Gasteiger partial charge < -0.3 is 5.32 Å². The summed E-state index contributed by atoms with van der Waals surface area (Å²) < 4.78 is 0. The van der Waals surface area contributed by atoms with Crippen LogP contribution in [0.1, 0.15) is 44.1 Å². The number of aromatic nitrogens is 2. The second-order valence-electron chi connectivity index (χ2n) is 5.34. The minimum atomic E-state index is 0.271. The second-order valence-corrected chi connectivity index (χ2v) is 5.61. The van der Waals surface area contributed by atoms with E-state index in [1.54, 1.807) is 0 Å². The molecule has 4 heteroatoms. The second kappa shape index (κ2) is 5.87. The third-order valence-corrected chi connectivity index (χ3v) is 4.41. The molecule has 1 aliphatic carbocycles. The first kappa shape index (κ1) is 13.6. The normalized spacial score (nSPS) is 17.9. The molecule has 2 rings (SSSR count). The van der Waals surface area contributed by atoms with Crippen LogP contribution in [0.3, 0.4) is 0 Å². The standard InChI is InChI=1S/C14H22ClN3/c1-3-12-8-13(18-11(2)17-12)16-10-14(9-15)6-4-5-7-14/h8H,3-7,9-10H2,1-2H3,(H,16,17,18). The zero-order valence-electron chi connectivity index (χ0n) is 11.3. The molecule has 0 amide bonds. The van der Waals surface area contributed by atoms with Gasteiger partial charge in [0.15, 0.2) is 0 Å². The highest BCUT2D eigenvalue weighted by Crippen LogP contribution is 2.39. The van der Waals surface area contributed by atoms with Crippen LogP contribution < -0.4 is 5.32 Å². The summed E-state index contributed by atoms with van der Waals surface area (Å²) in [4.78, 5) is 8.84. The molecule has 1 saturated carbocycles. The van der Waals surface area contributed by atoms with Crippen molar-refractivity contribution in [1.29, 1.82) is 0 Å². The summed E-state index contributed by atoms with van der Waals surface area (Å²) in [5.74, 6) is 2.52. The first-order chi connectivity index (χ1) is 8.67. The number of halogens is 1. The molecule has 0 saturated heterocycles. The lowest BCUT2D eigenvalue weighted by atomic mass is 9.88. The van der Waals surface area contributed by atoms with Crippen molar-refractivity contribution in [3.8, 4) is 0 Å². The molecule has 1 aliphatic rings. The van der Waals surface area contributed by atoms with E-state index in [2.05, 4.69) is 22.2 Å². The van der Waals surface area contributed by atoms with Gasteiger partial charge >= 0.3 is 0 Å². The highest BCUT2D eigenvalue weighted by molar-refractivity contribution is 6.18. The molecule has 3 nitrogen and oxygen atoms in total. The molecular formula is C14H22ClN3. The van der Waals surface area contributed by atoms with E-state index in [9.17, 15) is 0 Å². The Morgan fingerprint density at radius 3 is 2.67 bits per heavy atom. The van der Waals surface area contributed by atoms with Gasteiger partial charge in [0.05, 0.1) is 0 Å². The maximum Gasteiger partial charge on any atom is 0.129 e. The van der Waals surface area contributed by atoms with Crippen LogP contribution in [0.5, 0.6) is 0 Å². The lowest BCUT2D eigenvalue weighted by molar-refractivity contribution is 0.368. The Morgan fingerprint density at radius 2 is 2.06 bits per heavy atom. The van der Waals surface area contributed by atoms with Crippen LogP contribution in [-0.4, -0.2) is 22.4 Å². The van der Waals surface area contributed by atoms with Crippen LogP contribution in [-0.2, 0) is 6.42 Å².